The lowest BCUT2D eigenvalue weighted by Gasteiger charge is -2.32. The highest BCUT2D eigenvalue weighted by molar-refractivity contribution is 9.10. The van der Waals surface area contributed by atoms with Gasteiger partial charge in [-0.15, -0.1) is 0 Å². The molecule has 0 fully saturated rings. The Kier molecular flexibility index (Phi) is 7.22. The predicted octanol–water partition coefficient (Wildman–Crippen LogP) is 5.57. The molecule has 0 saturated heterocycles. The molecule has 2 atom stereocenters. The van der Waals surface area contributed by atoms with Crippen LogP contribution < -0.4 is 10.1 Å². The summed E-state index contributed by atoms with van der Waals surface area (Å²) in [5, 5.41) is 3.70. The van der Waals surface area contributed by atoms with Crippen molar-refractivity contribution >= 4 is 15.9 Å². The van der Waals surface area contributed by atoms with Crippen LogP contribution in [0.1, 0.15) is 59.1 Å². The van der Waals surface area contributed by atoms with Gasteiger partial charge in [0.2, 0.25) is 0 Å². The average molecular weight is 356 g/mol. The lowest BCUT2D eigenvalue weighted by Crippen LogP contribution is -2.28. The molecule has 0 aliphatic heterocycles. The van der Waals surface area contributed by atoms with Crippen LogP contribution in [-0.4, -0.2) is 13.7 Å². The molecular weight excluding hydrogens is 326 g/mol. The average Bonchev–Trinajstić information content (AvgIpc) is 2.42. The van der Waals surface area contributed by atoms with Crippen LogP contribution in [0.2, 0.25) is 0 Å². The fourth-order valence-corrected chi connectivity index (χ4v) is 2.90. The minimum absolute atomic E-state index is 0.324. The summed E-state index contributed by atoms with van der Waals surface area (Å²) >= 11 is 3.70. The van der Waals surface area contributed by atoms with Gasteiger partial charge in [0.25, 0.3) is 0 Å². The first kappa shape index (κ1) is 18.5. The fraction of sp³-hybridized carbons (Fsp3) is 0.667. The maximum atomic E-state index is 5.30. The molecule has 0 spiro atoms. The summed E-state index contributed by atoms with van der Waals surface area (Å²) < 4.78 is 6.42. The van der Waals surface area contributed by atoms with E-state index in [1.807, 2.05) is 6.07 Å². The van der Waals surface area contributed by atoms with E-state index >= 15 is 0 Å². The number of halogens is 1. The Morgan fingerprint density at radius 2 is 1.95 bits per heavy atom. The molecular formula is C18H30BrNO. The number of hydrogen-bond donors (Lipinski definition) is 1. The summed E-state index contributed by atoms with van der Waals surface area (Å²) in [5.74, 6) is 1.53. The Labute approximate surface area is 138 Å². The van der Waals surface area contributed by atoms with Crippen molar-refractivity contribution in [2.45, 2.75) is 53.5 Å². The molecule has 0 aliphatic carbocycles. The van der Waals surface area contributed by atoms with Crippen molar-refractivity contribution in [3.63, 3.8) is 0 Å². The maximum Gasteiger partial charge on any atom is 0.120 e. The van der Waals surface area contributed by atoms with Crippen LogP contribution in [0.3, 0.4) is 0 Å². The summed E-state index contributed by atoms with van der Waals surface area (Å²) in [5.41, 5.74) is 1.64. The van der Waals surface area contributed by atoms with Gasteiger partial charge in [-0.3, -0.25) is 0 Å². The topological polar surface area (TPSA) is 21.3 Å². The van der Waals surface area contributed by atoms with Gasteiger partial charge in [-0.05, 0) is 48.4 Å². The zero-order chi connectivity index (χ0) is 16.0. The van der Waals surface area contributed by atoms with Crippen molar-refractivity contribution < 1.29 is 4.74 Å². The van der Waals surface area contributed by atoms with E-state index < -0.39 is 0 Å². The van der Waals surface area contributed by atoms with Gasteiger partial charge < -0.3 is 10.1 Å². The molecule has 0 aromatic heterocycles. The molecule has 1 N–H and O–H groups in total. The smallest absolute Gasteiger partial charge is 0.120 e. The summed E-state index contributed by atoms with van der Waals surface area (Å²) in [7, 11) is 1.70. The molecule has 0 bridgehead atoms. The zero-order valence-corrected chi connectivity index (χ0v) is 15.9. The first-order valence-electron chi connectivity index (χ1n) is 7.86. The lowest BCUT2D eigenvalue weighted by molar-refractivity contribution is 0.223. The van der Waals surface area contributed by atoms with Crippen molar-refractivity contribution in [2.75, 3.05) is 13.7 Å². The third-order valence-corrected chi connectivity index (χ3v) is 4.98. The van der Waals surface area contributed by atoms with Crippen LogP contribution >= 0.6 is 15.9 Å². The maximum absolute atomic E-state index is 5.30. The highest BCUT2D eigenvalue weighted by atomic mass is 79.9. The second-order valence-electron chi connectivity index (χ2n) is 6.90. The summed E-state index contributed by atoms with van der Waals surface area (Å²) in [6, 6.07) is 6.64. The number of methoxy groups -OCH3 is 1. The molecule has 1 rings (SSSR count). The molecule has 21 heavy (non-hydrogen) atoms. The van der Waals surface area contributed by atoms with E-state index in [4.69, 9.17) is 4.74 Å². The highest BCUT2D eigenvalue weighted by Gasteiger charge is 2.25. The molecule has 3 heteroatoms. The Bertz CT molecular complexity index is 439. The largest absolute Gasteiger partial charge is 0.497 e. The van der Waals surface area contributed by atoms with Crippen molar-refractivity contribution in [2.24, 2.45) is 11.3 Å². The molecule has 1 aromatic carbocycles. The number of hydrogen-bond acceptors (Lipinski definition) is 2. The number of nitrogens with one attached hydrogen (secondary N) is 1. The van der Waals surface area contributed by atoms with E-state index in [-0.39, 0.29) is 0 Å². The number of benzene rings is 1. The molecule has 0 radical (unpaired) electrons. The number of ether oxygens (including phenoxy) is 1. The van der Waals surface area contributed by atoms with E-state index in [1.165, 1.54) is 5.56 Å². The van der Waals surface area contributed by atoms with Crippen LogP contribution in [0.5, 0.6) is 5.75 Å². The standard InChI is InChI=1S/C18H30BrNO/c1-7-10-20-17(11-13(2)18(3,4)5)15-9-8-14(21-6)12-16(15)19/h8-9,12-13,17,20H,7,10-11H2,1-6H3. The summed E-state index contributed by atoms with van der Waals surface area (Å²) in [6.07, 6.45) is 2.28. The Balaban J connectivity index is 2.96. The summed E-state index contributed by atoms with van der Waals surface area (Å²) in [4.78, 5) is 0. The first-order chi connectivity index (χ1) is 9.79. The Morgan fingerprint density at radius 1 is 1.29 bits per heavy atom. The van der Waals surface area contributed by atoms with E-state index in [2.05, 4.69) is 68.0 Å². The van der Waals surface area contributed by atoms with Crippen LogP contribution in [-0.2, 0) is 0 Å². The molecule has 0 aliphatic rings. The van der Waals surface area contributed by atoms with E-state index in [0.717, 1.165) is 29.6 Å². The van der Waals surface area contributed by atoms with Gasteiger partial charge in [0, 0.05) is 10.5 Å². The molecule has 1 aromatic rings. The molecule has 0 amide bonds. The monoisotopic (exact) mass is 355 g/mol. The van der Waals surface area contributed by atoms with Crippen LogP contribution in [0.15, 0.2) is 22.7 Å². The Morgan fingerprint density at radius 3 is 2.43 bits per heavy atom. The van der Waals surface area contributed by atoms with Gasteiger partial charge in [-0.25, -0.2) is 0 Å². The molecule has 2 nitrogen and oxygen atoms in total. The van der Waals surface area contributed by atoms with Gasteiger partial charge in [-0.1, -0.05) is 56.6 Å². The lowest BCUT2D eigenvalue weighted by atomic mass is 9.77. The number of rotatable bonds is 7. The molecule has 120 valence electrons. The van der Waals surface area contributed by atoms with Gasteiger partial charge >= 0.3 is 0 Å². The molecule has 2 unspecified atom stereocenters. The fourth-order valence-electron chi connectivity index (χ4n) is 2.26. The van der Waals surface area contributed by atoms with Crippen LogP contribution in [0, 0.1) is 11.3 Å². The van der Waals surface area contributed by atoms with E-state index in [1.54, 1.807) is 7.11 Å². The first-order valence-corrected chi connectivity index (χ1v) is 8.65. The SMILES string of the molecule is CCCNC(CC(C)C(C)(C)C)c1ccc(OC)cc1Br. The normalized spacial score (nSPS) is 14.8. The van der Waals surface area contributed by atoms with Gasteiger partial charge in [0.1, 0.15) is 5.75 Å². The van der Waals surface area contributed by atoms with E-state index in [9.17, 15) is 0 Å². The zero-order valence-electron chi connectivity index (χ0n) is 14.3. The van der Waals surface area contributed by atoms with Crippen molar-refractivity contribution in [1.82, 2.24) is 5.32 Å². The van der Waals surface area contributed by atoms with Gasteiger partial charge in [0.15, 0.2) is 0 Å². The Hall–Kier alpha value is -0.540. The van der Waals surface area contributed by atoms with Crippen LogP contribution in [0.25, 0.3) is 0 Å². The minimum Gasteiger partial charge on any atom is -0.497 e. The third-order valence-electron chi connectivity index (χ3n) is 4.29. The quantitative estimate of drug-likeness (QED) is 0.689. The van der Waals surface area contributed by atoms with E-state index in [0.29, 0.717) is 17.4 Å². The van der Waals surface area contributed by atoms with Crippen molar-refractivity contribution in [3.8, 4) is 5.75 Å². The van der Waals surface area contributed by atoms with Crippen molar-refractivity contribution in [3.05, 3.63) is 28.2 Å². The van der Waals surface area contributed by atoms with Crippen LogP contribution in [0.4, 0.5) is 0 Å². The second kappa shape index (κ2) is 8.19. The van der Waals surface area contributed by atoms with Gasteiger partial charge in [0.05, 0.1) is 7.11 Å². The van der Waals surface area contributed by atoms with Crippen molar-refractivity contribution in [1.29, 1.82) is 0 Å². The molecule has 0 saturated carbocycles. The predicted molar refractivity (Wildman–Crippen MR) is 95.0 cm³/mol. The second-order valence-corrected chi connectivity index (χ2v) is 7.75. The molecule has 0 heterocycles. The minimum atomic E-state index is 0.324. The summed E-state index contributed by atoms with van der Waals surface area (Å²) in [6.45, 7) is 12.5. The third kappa shape index (κ3) is 5.63. The highest BCUT2D eigenvalue weighted by Crippen LogP contribution is 2.36. The van der Waals surface area contributed by atoms with Gasteiger partial charge in [-0.2, -0.15) is 0 Å².